The zero-order valence-electron chi connectivity index (χ0n) is 14.2. The van der Waals surface area contributed by atoms with E-state index in [-0.39, 0.29) is 0 Å². The number of rotatable bonds is 5. The third-order valence-electron chi connectivity index (χ3n) is 4.91. The monoisotopic (exact) mass is 340 g/mol. The lowest BCUT2D eigenvalue weighted by Crippen LogP contribution is -2.55. The summed E-state index contributed by atoms with van der Waals surface area (Å²) in [6.07, 6.45) is 1.93. The minimum Gasteiger partial charge on any atom is -0.480 e. The van der Waals surface area contributed by atoms with Gasteiger partial charge in [-0.1, -0.05) is 30.3 Å². The number of nitrogens with zero attached hydrogens (tertiary/aromatic N) is 2. The number of anilines is 1. The van der Waals surface area contributed by atoms with Gasteiger partial charge in [0.25, 0.3) is 0 Å². The first-order chi connectivity index (χ1) is 12.0. The van der Waals surface area contributed by atoms with E-state index in [2.05, 4.69) is 34.1 Å². The van der Waals surface area contributed by atoms with Gasteiger partial charge in [0.1, 0.15) is 11.4 Å². The van der Waals surface area contributed by atoms with Crippen LogP contribution in [0.2, 0.25) is 0 Å². The molecule has 0 spiro atoms. The van der Waals surface area contributed by atoms with Crippen LogP contribution < -0.4 is 11.5 Å². The molecule has 1 saturated heterocycles. The van der Waals surface area contributed by atoms with Gasteiger partial charge in [-0.15, -0.1) is 0 Å². The number of aromatic nitrogens is 1. The first-order valence-corrected chi connectivity index (χ1v) is 8.53. The molecular formula is C19H24N4O2. The van der Waals surface area contributed by atoms with Crippen LogP contribution in [0.15, 0.2) is 42.5 Å². The number of hydrogen-bond acceptors (Lipinski definition) is 5. The van der Waals surface area contributed by atoms with Crippen LogP contribution in [0.5, 0.6) is 0 Å². The van der Waals surface area contributed by atoms with Crippen molar-refractivity contribution in [3.63, 3.8) is 0 Å². The minimum absolute atomic E-state index is 0.502. The maximum absolute atomic E-state index is 11.2. The van der Waals surface area contributed by atoms with Crippen LogP contribution in [0, 0.1) is 0 Å². The smallest absolute Gasteiger partial charge is 0.323 e. The summed E-state index contributed by atoms with van der Waals surface area (Å²) in [6.45, 7) is 2.37. The SMILES string of the molecule is Nc1cccc(-c2ccc(CCN3CCC(N)(C(=O)O)CC3)cc2)n1. The second kappa shape index (κ2) is 7.21. The highest BCUT2D eigenvalue weighted by atomic mass is 16.4. The van der Waals surface area contributed by atoms with E-state index in [1.54, 1.807) is 6.07 Å². The van der Waals surface area contributed by atoms with Crippen molar-refractivity contribution in [3.8, 4) is 11.3 Å². The molecule has 0 saturated carbocycles. The number of carboxylic acid groups (broad SMARTS) is 1. The highest BCUT2D eigenvalue weighted by molar-refractivity contribution is 5.78. The molecule has 0 amide bonds. The second-order valence-electron chi connectivity index (χ2n) is 6.70. The molecule has 1 fully saturated rings. The first kappa shape index (κ1) is 17.4. The van der Waals surface area contributed by atoms with Crippen molar-refractivity contribution in [3.05, 3.63) is 48.0 Å². The van der Waals surface area contributed by atoms with Crippen LogP contribution in [-0.4, -0.2) is 46.1 Å². The molecular weight excluding hydrogens is 316 g/mol. The van der Waals surface area contributed by atoms with Gasteiger partial charge in [-0.2, -0.15) is 0 Å². The van der Waals surface area contributed by atoms with Crippen molar-refractivity contribution in [1.29, 1.82) is 0 Å². The molecule has 0 aliphatic carbocycles. The van der Waals surface area contributed by atoms with Crippen LogP contribution in [0.4, 0.5) is 5.82 Å². The van der Waals surface area contributed by atoms with Gasteiger partial charge in [-0.25, -0.2) is 4.98 Å². The zero-order valence-corrected chi connectivity index (χ0v) is 14.2. The number of aliphatic carboxylic acids is 1. The Hall–Kier alpha value is -2.44. The fraction of sp³-hybridized carbons (Fsp3) is 0.368. The predicted molar refractivity (Wildman–Crippen MR) is 98.0 cm³/mol. The van der Waals surface area contributed by atoms with Gasteiger partial charge in [0.05, 0.1) is 5.69 Å². The van der Waals surface area contributed by atoms with E-state index < -0.39 is 11.5 Å². The number of piperidine rings is 1. The topological polar surface area (TPSA) is 105 Å². The molecule has 25 heavy (non-hydrogen) atoms. The molecule has 6 heteroatoms. The summed E-state index contributed by atoms with van der Waals surface area (Å²) in [7, 11) is 0. The lowest BCUT2D eigenvalue weighted by molar-refractivity contribution is -0.145. The zero-order chi connectivity index (χ0) is 17.9. The standard InChI is InChI=1S/C19H24N4O2/c20-17-3-1-2-16(22-17)15-6-4-14(5-7-15)8-11-23-12-9-19(21,10-13-23)18(24)25/h1-7H,8-13,21H2,(H2,20,22)(H,24,25). The van der Waals surface area contributed by atoms with Gasteiger partial charge in [-0.05, 0) is 37.0 Å². The maximum Gasteiger partial charge on any atom is 0.323 e. The summed E-state index contributed by atoms with van der Waals surface area (Å²) in [6, 6.07) is 13.9. The van der Waals surface area contributed by atoms with Crippen LogP contribution in [0.1, 0.15) is 18.4 Å². The lowest BCUT2D eigenvalue weighted by Gasteiger charge is -2.36. The van der Waals surface area contributed by atoms with Crippen LogP contribution in [0.3, 0.4) is 0 Å². The third-order valence-corrected chi connectivity index (χ3v) is 4.91. The van der Waals surface area contributed by atoms with Gasteiger partial charge in [-0.3, -0.25) is 4.79 Å². The van der Waals surface area contributed by atoms with E-state index in [1.165, 1.54) is 5.56 Å². The van der Waals surface area contributed by atoms with Crippen molar-refractivity contribution in [2.45, 2.75) is 24.8 Å². The average molecular weight is 340 g/mol. The number of hydrogen-bond donors (Lipinski definition) is 3. The molecule has 1 aromatic carbocycles. The quantitative estimate of drug-likeness (QED) is 0.766. The summed E-state index contributed by atoms with van der Waals surface area (Å²) in [5.74, 6) is -0.373. The molecule has 1 aromatic heterocycles. The summed E-state index contributed by atoms with van der Waals surface area (Å²) in [5, 5.41) is 9.17. The van der Waals surface area contributed by atoms with Crippen molar-refractivity contribution >= 4 is 11.8 Å². The lowest BCUT2D eigenvalue weighted by atomic mass is 9.88. The van der Waals surface area contributed by atoms with Crippen molar-refractivity contribution in [2.24, 2.45) is 5.73 Å². The van der Waals surface area contributed by atoms with E-state index in [1.807, 2.05) is 12.1 Å². The Morgan fingerprint density at radius 3 is 2.44 bits per heavy atom. The average Bonchev–Trinajstić information content (AvgIpc) is 2.62. The number of carboxylic acids is 1. The molecule has 3 rings (SSSR count). The Morgan fingerprint density at radius 2 is 1.84 bits per heavy atom. The Bertz CT molecular complexity index is 737. The third kappa shape index (κ3) is 4.15. The van der Waals surface area contributed by atoms with Crippen LogP contribution >= 0.6 is 0 Å². The highest BCUT2D eigenvalue weighted by Gasteiger charge is 2.37. The molecule has 0 radical (unpaired) electrons. The number of likely N-dealkylation sites (tertiary alicyclic amines) is 1. The van der Waals surface area contributed by atoms with E-state index in [0.29, 0.717) is 18.7 Å². The Kier molecular flexibility index (Phi) is 5.01. The van der Waals surface area contributed by atoms with Gasteiger partial charge in [0, 0.05) is 25.2 Å². The number of carbonyl (C=O) groups is 1. The Balaban J connectivity index is 1.54. The van der Waals surface area contributed by atoms with E-state index in [4.69, 9.17) is 11.5 Å². The summed E-state index contributed by atoms with van der Waals surface area (Å²) in [5.41, 5.74) is 13.8. The largest absolute Gasteiger partial charge is 0.480 e. The van der Waals surface area contributed by atoms with E-state index >= 15 is 0 Å². The molecule has 2 heterocycles. The van der Waals surface area contributed by atoms with Gasteiger partial charge >= 0.3 is 5.97 Å². The molecule has 5 N–H and O–H groups in total. The van der Waals surface area contributed by atoms with Crippen LogP contribution in [0.25, 0.3) is 11.3 Å². The summed E-state index contributed by atoms with van der Waals surface area (Å²) >= 11 is 0. The molecule has 1 aliphatic rings. The Labute approximate surface area is 147 Å². The van der Waals surface area contributed by atoms with Gasteiger partial charge < -0.3 is 21.5 Å². The number of benzene rings is 1. The van der Waals surface area contributed by atoms with Crippen molar-refractivity contribution in [1.82, 2.24) is 9.88 Å². The second-order valence-corrected chi connectivity index (χ2v) is 6.70. The van der Waals surface area contributed by atoms with Crippen LogP contribution in [-0.2, 0) is 11.2 Å². The van der Waals surface area contributed by atoms with Gasteiger partial charge in [0.2, 0.25) is 0 Å². The number of pyridine rings is 1. The van der Waals surface area contributed by atoms with Crippen molar-refractivity contribution in [2.75, 3.05) is 25.4 Å². The van der Waals surface area contributed by atoms with E-state index in [9.17, 15) is 9.90 Å². The molecule has 6 nitrogen and oxygen atoms in total. The molecule has 0 atom stereocenters. The highest BCUT2D eigenvalue weighted by Crippen LogP contribution is 2.21. The number of nitrogens with two attached hydrogens (primary N) is 2. The minimum atomic E-state index is -1.05. The normalized spacial score (nSPS) is 17.3. The molecule has 0 bridgehead atoms. The molecule has 2 aromatic rings. The summed E-state index contributed by atoms with van der Waals surface area (Å²) < 4.78 is 0. The fourth-order valence-corrected chi connectivity index (χ4v) is 3.13. The fourth-order valence-electron chi connectivity index (χ4n) is 3.13. The molecule has 0 unspecified atom stereocenters. The van der Waals surface area contributed by atoms with Gasteiger partial charge in [0.15, 0.2) is 0 Å². The summed E-state index contributed by atoms with van der Waals surface area (Å²) in [4.78, 5) is 17.8. The first-order valence-electron chi connectivity index (χ1n) is 8.53. The van der Waals surface area contributed by atoms with E-state index in [0.717, 1.165) is 37.3 Å². The maximum atomic E-state index is 11.2. The number of nitrogen functional groups attached to an aromatic ring is 1. The molecule has 1 aliphatic heterocycles. The van der Waals surface area contributed by atoms with Crippen molar-refractivity contribution < 1.29 is 9.90 Å². The molecule has 132 valence electrons. The predicted octanol–water partition coefficient (Wildman–Crippen LogP) is 1.75. The Morgan fingerprint density at radius 1 is 1.16 bits per heavy atom.